The Hall–Kier alpha value is -2.85. The van der Waals surface area contributed by atoms with Crippen molar-refractivity contribution in [1.82, 2.24) is 20.2 Å². The van der Waals surface area contributed by atoms with Crippen molar-refractivity contribution in [3.8, 4) is 5.75 Å². The highest BCUT2D eigenvalue weighted by Crippen LogP contribution is 2.24. The van der Waals surface area contributed by atoms with Crippen LogP contribution in [0.3, 0.4) is 0 Å². The number of aliphatic imine (C=N–C) groups is 1. The number of guanidine groups is 1. The van der Waals surface area contributed by atoms with Crippen LogP contribution in [-0.2, 0) is 13.6 Å². The molecule has 0 amide bonds. The third-order valence-electron chi connectivity index (χ3n) is 2.28. The van der Waals surface area contributed by atoms with Crippen molar-refractivity contribution in [2.24, 2.45) is 17.8 Å². The number of aryl methyl sites for hydroxylation is 1. The van der Waals surface area contributed by atoms with E-state index >= 15 is 0 Å². The normalized spacial score (nSPS) is 12.3. The van der Waals surface area contributed by atoms with Crippen LogP contribution in [0, 0.1) is 0 Å². The number of rotatable bonds is 4. The fourth-order valence-corrected chi connectivity index (χ4v) is 1.50. The summed E-state index contributed by atoms with van der Waals surface area (Å²) in [5.41, 5.74) is 5.93. The first-order chi connectivity index (χ1) is 10.3. The smallest absolute Gasteiger partial charge is 0.406 e. The molecule has 0 fully saturated rings. The van der Waals surface area contributed by atoms with Crippen molar-refractivity contribution >= 4 is 11.6 Å². The predicted molar refractivity (Wildman–Crippen MR) is 70.9 cm³/mol. The monoisotopic (exact) mass is 315 g/mol. The summed E-state index contributed by atoms with van der Waals surface area (Å²) in [5.74, 6) is -0.00101. The number of nitrogens with one attached hydrogen (secondary N) is 1. The van der Waals surface area contributed by atoms with E-state index in [1.54, 1.807) is 7.05 Å². The number of alkyl halides is 3. The molecule has 1 aromatic heterocycles. The highest BCUT2D eigenvalue weighted by atomic mass is 19.4. The number of benzene rings is 1. The molecule has 0 aliphatic rings. The van der Waals surface area contributed by atoms with Gasteiger partial charge in [0.15, 0.2) is 11.8 Å². The second kappa shape index (κ2) is 6.28. The molecule has 2 aromatic rings. The van der Waals surface area contributed by atoms with Gasteiger partial charge in [0, 0.05) is 11.8 Å². The van der Waals surface area contributed by atoms with E-state index in [9.17, 15) is 13.2 Å². The summed E-state index contributed by atoms with van der Waals surface area (Å²) in [7, 11) is 1.61. The maximum Gasteiger partial charge on any atom is 0.573 e. The summed E-state index contributed by atoms with van der Waals surface area (Å²) in [6.45, 7) is 0.0887. The Labute approximate surface area is 122 Å². The van der Waals surface area contributed by atoms with E-state index in [1.807, 2.05) is 0 Å². The molecule has 11 heteroatoms. The van der Waals surface area contributed by atoms with Crippen LogP contribution < -0.4 is 15.8 Å². The van der Waals surface area contributed by atoms with Crippen LogP contribution >= 0.6 is 0 Å². The molecule has 1 heterocycles. The number of anilines is 1. The fourth-order valence-electron chi connectivity index (χ4n) is 1.50. The predicted octanol–water partition coefficient (Wildman–Crippen LogP) is 1.04. The molecule has 2 rings (SSSR count). The molecule has 0 radical (unpaired) electrons. The first kappa shape index (κ1) is 15.5. The largest absolute Gasteiger partial charge is 0.573 e. The third kappa shape index (κ3) is 4.92. The van der Waals surface area contributed by atoms with E-state index in [2.05, 4.69) is 30.5 Å². The zero-order valence-electron chi connectivity index (χ0n) is 11.4. The number of halogens is 3. The topological polar surface area (TPSA) is 103 Å². The minimum Gasteiger partial charge on any atom is -0.406 e. The van der Waals surface area contributed by atoms with Gasteiger partial charge in [-0.05, 0) is 17.3 Å². The van der Waals surface area contributed by atoms with Gasteiger partial charge in [0.2, 0.25) is 0 Å². The maximum absolute atomic E-state index is 12.1. The van der Waals surface area contributed by atoms with Crippen molar-refractivity contribution in [2.45, 2.75) is 12.9 Å². The molecule has 0 saturated heterocycles. The van der Waals surface area contributed by atoms with E-state index < -0.39 is 6.36 Å². The minimum absolute atomic E-state index is 0.00314. The quantitative estimate of drug-likeness (QED) is 0.645. The van der Waals surface area contributed by atoms with Crippen LogP contribution in [0.1, 0.15) is 5.82 Å². The third-order valence-corrected chi connectivity index (χ3v) is 2.28. The zero-order chi connectivity index (χ0) is 16.2. The number of nitrogens with two attached hydrogens (primary N) is 1. The Morgan fingerprint density at radius 3 is 2.86 bits per heavy atom. The van der Waals surface area contributed by atoms with Crippen LogP contribution in [0.25, 0.3) is 0 Å². The molecule has 22 heavy (non-hydrogen) atoms. The lowest BCUT2D eigenvalue weighted by Gasteiger charge is -2.10. The van der Waals surface area contributed by atoms with Crippen molar-refractivity contribution in [3.63, 3.8) is 0 Å². The Morgan fingerprint density at radius 2 is 2.23 bits per heavy atom. The van der Waals surface area contributed by atoms with E-state index in [0.717, 1.165) is 6.07 Å². The molecule has 3 N–H and O–H groups in total. The van der Waals surface area contributed by atoms with Crippen LogP contribution in [0.4, 0.5) is 18.9 Å². The van der Waals surface area contributed by atoms with Gasteiger partial charge in [-0.25, -0.2) is 4.99 Å². The number of nitrogens with zero attached hydrogens (tertiary/aromatic N) is 5. The lowest BCUT2D eigenvalue weighted by atomic mass is 10.3. The van der Waals surface area contributed by atoms with Crippen molar-refractivity contribution in [1.29, 1.82) is 0 Å². The SMILES string of the molecule is Cn1nnc(CN=C(N)Nc2cccc(OC(F)(F)F)c2)n1. The molecular weight excluding hydrogens is 303 g/mol. The molecule has 0 spiro atoms. The number of tetrazole rings is 1. The van der Waals surface area contributed by atoms with Gasteiger partial charge in [-0.2, -0.15) is 4.80 Å². The van der Waals surface area contributed by atoms with E-state index in [1.165, 1.54) is 23.0 Å². The summed E-state index contributed by atoms with van der Waals surface area (Å²) < 4.78 is 40.2. The molecule has 1 aromatic carbocycles. The first-order valence-electron chi connectivity index (χ1n) is 5.97. The average Bonchev–Trinajstić information content (AvgIpc) is 2.81. The van der Waals surface area contributed by atoms with E-state index in [0.29, 0.717) is 11.5 Å². The lowest BCUT2D eigenvalue weighted by Crippen LogP contribution is -2.23. The molecular formula is C11H12F3N7O. The van der Waals surface area contributed by atoms with Gasteiger partial charge in [0.05, 0.1) is 7.05 Å². The maximum atomic E-state index is 12.1. The highest BCUT2D eigenvalue weighted by Gasteiger charge is 2.31. The summed E-state index contributed by atoms with van der Waals surface area (Å²) in [5, 5.41) is 13.9. The average molecular weight is 315 g/mol. The van der Waals surface area contributed by atoms with Gasteiger partial charge in [-0.1, -0.05) is 6.07 Å². The van der Waals surface area contributed by atoms with E-state index in [4.69, 9.17) is 5.73 Å². The molecule has 0 aliphatic carbocycles. The van der Waals surface area contributed by atoms with Crippen molar-refractivity contribution in [3.05, 3.63) is 30.1 Å². The van der Waals surface area contributed by atoms with E-state index in [-0.39, 0.29) is 18.3 Å². The van der Waals surface area contributed by atoms with Gasteiger partial charge in [-0.15, -0.1) is 23.4 Å². The summed E-state index contributed by atoms with van der Waals surface area (Å²) >= 11 is 0. The number of aromatic nitrogens is 4. The summed E-state index contributed by atoms with van der Waals surface area (Å²) in [6.07, 6.45) is -4.75. The molecule has 8 nitrogen and oxygen atoms in total. The molecule has 118 valence electrons. The van der Waals surface area contributed by atoms with Crippen LogP contribution in [-0.4, -0.2) is 32.5 Å². The van der Waals surface area contributed by atoms with Gasteiger partial charge in [-0.3, -0.25) is 0 Å². The van der Waals surface area contributed by atoms with Crippen LogP contribution in [0.2, 0.25) is 0 Å². The number of ether oxygens (including phenoxy) is 1. The van der Waals surface area contributed by atoms with Gasteiger partial charge >= 0.3 is 6.36 Å². The Balaban J connectivity index is 1.98. The standard InChI is InChI=1S/C11H12F3N7O/c1-21-19-9(18-20-21)6-16-10(15)17-7-3-2-4-8(5-7)22-11(12,13)14/h2-5H,6H2,1H3,(H3,15,16,17). The summed E-state index contributed by atoms with van der Waals surface area (Å²) in [4.78, 5) is 5.22. The van der Waals surface area contributed by atoms with Crippen LogP contribution in [0.15, 0.2) is 29.3 Å². The number of hydrogen-bond donors (Lipinski definition) is 2. The first-order valence-corrected chi connectivity index (χ1v) is 5.97. The Morgan fingerprint density at radius 1 is 1.45 bits per heavy atom. The van der Waals surface area contributed by atoms with Gasteiger partial charge < -0.3 is 15.8 Å². The molecule has 0 atom stereocenters. The van der Waals surface area contributed by atoms with Crippen molar-refractivity contribution < 1.29 is 17.9 Å². The van der Waals surface area contributed by atoms with Crippen LogP contribution in [0.5, 0.6) is 5.75 Å². The fraction of sp³-hybridized carbons (Fsp3) is 0.273. The minimum atomic E-state index is -4.75. The molecule has 0 aliphatic heterocycles. The second-order valence-electron chi connectivity index (χ2n) is 4.10. The lowest BCUT2D eigenvalue weighted by molar-refractivity contribution is -0.274. The number of hydrogen-bond acceptors (Lipinski definition) is 5. The Kier molecular flexibility index (Phi) is 4.44. The van der Waals surface area contributed by atoms with Gasteiger partial charge in [0.25, 0.3) is 0 Å². The van der Waals surface area contributed by atoms with Crippen molar-refractivity contribution in [2.75, 3.05) is 5.32 Å². The molecule has 0 unspecified atom stereocenters. The van der Waals surface area contributed by atoms with Gasteiger partial charge in [0.1, 0.15) is 12.3 Å². The summed E-state index contributed by atoms with van der Waals surface area (Å²) in [6, 6.07) is 5.24. The highest BCUT2D eigenvalue weighted by molar-refractivity contribution is 5.92. The molecule has 0 bridgehead atoms. The zero-order valence-corrected chi connectivity index (χ0v) is 11.4. The molecule has 0 saturated carbocycles. The Bertz CT molecular complexity index is 668. The second-order valence-corrected chi connectivity index (χ2v) is 4.10.